The third-order valence-electron chi connectivity index (χ3n) is 2.23. The topological polar surface area (TPSA) is 46.2 Å². The predicted molar refractivity (Wildman–Crippen MR) is 54.5 cm³/mol. The Labute approximate surface area is 79.4 Å². The molecule has 3 N–H and O–H groups in total. The lowest BCUT2D eigenvalue weighted by Gasteiger charge is -2.11. The van der Waals surface area contributed by atoms with E-state index in [4.69, 9.17) is 10.8 Å². The summed E-state index contributed by atoms with van der Waals surface area (Å²) in [6, 6.07) is 8.21. The molecule has 0 saturated heterocycles. The van der Waals surface area contributed by atoms with E-state index in [0.29, 0.717) is 6.42 Å². The van der Waals surface area contributed by atoms with Gasteiger partial charge in [-0.3, -0.25) is 0 Å². The van der Waals surface area contributed by atoms with Crippen molar-refractivity contribution in [1.82, 2.24) is 0 Å². The standard InChI is InChI=1S/C11H17NO/c1-2-9-4-3-5-10(8-9)11(12)6-7-13/h3-5,8,11,13H,2,6-7,12H2,1H3/t11-/m1/s1. The molecule has 2 nitrogen and oxygen atoms in total. The van der Waals surface area contributed by atoms with Gasteiger partial charge in [0.2, 0.25) is 0 Å². The molecule has 72 valence electrons. The minimum absolute atomic E-state index is 0.0310. The Hall–Kier alpha value is -0.860. The second kappa shape index (κ2) is 5.00. The molecule has 0 bridgehead atoms. The van der Waals surface area contributed by atoms with Crippen LogP contribution in [0.4, 0.5) is 0 Å². The van der Waals surface area contributed by atoms with Gasteiger partial charge in [-0.1, -0.05) is 31.2 Å². The molecule has 0 aliphatic heterocycles. The first-order chi connectivity index (χ1) is 6.27. The van der Waals surface area contributed by atoms with Gasteiger partial charge in [0.05, 0.1) is 0 Å². The van der Waals surface area contributed by atoms with E-state index < -0.39 is 0 Å². The van der Waals surface area contributed by atoms with E-state index in [9.17, 15) is 0 Å². The van der Waals surface area contributed by atoms with Crippen LogP contribution in [0.25, 0.3) is 0 Å². The van der Waals surface area contributed by atoms with Crippen LogP contribution in [-0.4, -0.2) is 11.7 Å². The summed E-state index contributed by atoms with van der Waals surface area (Å²) in [4.78, 5) is 0. The molecular formula is C11H17NO. The molecule has 0 amide bonds. The number of aliphatic hydroxyl groups is 1. The fourth-order valence-corrected chi connectivity index (χ4v) is 1.35. The number of hydrogen-bond acceptors (Lipinski definition) is 2. The molecule has 0 radical (unpaired) electrons. The van der Waals surface area contributed by atoms with E-state index in [2.05, 4.69) is 19.1 Å². The molecule has 13 heavy (non-hydrogen) atoms. The van der Waals surface area contributed by atoms with Crippen LogP contribution in [0.2, 0.25) is 0 Å². The van der Waals surface area contributed by atoms with Crippen LogP contribution in [0.1, 0.15) is 30.5 Å². The van der Waals surface area contributed by atoms with Crippen LogP contribution in [0.3, 0.4) is 0 Å². The summed E-state index contributed by atoms with van der Waals surface area (Å²) >= 11 is 0. The van der Waals surface area contributed by atoms with Crippen LogP contribution >= 0.6 is 0 Å². The van der Waals surface area contributed by atoms with Gasteiger partial charge < -0.3 is 10.8 Å². The molecule has 0 spiro atoms. The van der Waals surface area contributed by atoms with Gasteiger partial charge >= 0.3 is 0 Å². The van der Waals surface area contributed by atoms with Gasteiger partial charge in [0.15, 0.2) is 0 Å². The van der Waals surface area contributed by atoms with E-state index in [0.717, 1.165) is 12.0 Å². The highest BCUT2D eigenvalue weighted by molar-refractivity contribution is 5.25. The first-order valence-corrected chi connectivity index (χ1v) is 4.73. The van der Waals surface area contributed by atoms with E-state index in [1.165, 1.54) is 5.56 Å². The van der Waals surface area contributed by atoms with Crippen molar-refractivity contribution in [1.29, 1.82) is 0 Å². The quantitative estimate of drug-likeness (QED) is 0.738. The summed E-state index contributed by atoms with van der Waals surface area (Å²) in [5.74, 6) is 0. The summed E-state index contributed by atoms with van der Waals surface area (Å²) in [5, 5.41) is 8.74. The van der Waals surface area contributed by atoms with Crippen molar-refractivity contribution < 1.29 is 5.11 Å². The molecular weight excluding hydrogens is 162 g/mol. The zero-order chi connectivity index (χ0) is 9.68. The van der Waals surface area contributed by atoms with E-state index >= 15 is 0 Å². The Morgan fingerprint density at radius 1 is 1.46 bits per heavy atom. The Kier molecular flexibility index (Phi) is 3.93. The first-order valence-electron chi connectivity index (χ1n) is 4.73. The van der Waals surface area contributed by atoms with Crippen molar-refractivity contribution in [3.63, 3.8) is 0 Å². The summed E-state index contributed by atoms with van der Waals surface area (Å²) in [6.45, 7) is 2.27. The van der Waals surface area contributed by atoms with Crippen molar-refractivity contribution in [2.24, 2.45) is 5.73 Å². The molecule has 0 unspecified atom stereocenters. The average Bonchev–Trinajstić information content (AvgIpc) is 2.18. The van der Waals surface area contributed by atoms with Crippen LogP contribution < -0.4 is 5.73 Å². The zero-order valence-corrected chi connectivity index (χ0v) is 8.03. The summed E-state index contributed by atoms with van der Waals surface area (Å²) in [6.07, 6.45) is 1.66. The Morgan fingerprint density at radius 3 is 2.85 bits per heavy atom. The third-order valence-corrected chi connectivity index (χ3v) is 2.23. The zero-order valence-electron chi connectivity index (χ0n) is 8.03. The smallest absolute Gasteiger partial charge is 0.0449 e. The van der Waals surface area contributed by atoms with E-state index in [1.54, 1.807) is 0 Å². The number of rotatable bonds is 4. The fourth-order valence-electron chi connectivity index (χ4n) is 1.35. The van der Waals surface area contributed by atoms with Crippen LogP contribution in [0.15, 0.2) is 24.3 Å². The van der Waals surface area contributed by atoms with Crippen molar-refractivity contribution >= 4 is 0 Å². The summed E-state index contributed by atoms with van der Waals surface area (Å²) in [5.41, 5.74) is 8.29. The van der Waals surface area contributed by atoms with Gasteiger partial charge in [-0.25, -0.2) is 0 Å². The molecule has 0 saturated carbocycles. The van der Waals surface area contributed by atoms with E-state index in [-0.39, 0.29) is 12.6 Å². The fraction of sp³-hybridized carbons (Fsp3) is 0.455. The van der Waals surface area contributed by atoms with Crippen LogP contribution in [0, 0.1) is 0 Å². The lowest BCUT2D eigenvalue weighted by molar-refractivity contribution is 0.276. The molecule has 2 heteroatoms. The molecule has 1 atom stereocenters. The third kappa shape index (κ3) is 2.83. The average molecular weight is 179 g/mol. The molecule has 0 aliphatic rings. The Morgan fingerprint density at radius 2 is 2.23 bits per heavy atom. The Bertz CT molecular complexity index is 260. The second-order valence-electron chi connectivity index (χ2n) is 3.22. The predicted octanol–water partition coefficient (Wildman–Crippen LogP) is 1.63. The van der Waals surface area contributed by atoms with Crippen molar-refractivity contribution in [3.8, 4) is 0 Å². The molecule has 0 aromatic heterocycles. The van der Waals surface area contributed by atoms with Crippen molar-refractivity contribution in [3.05, 3.63) is 35.4 Å². The van der Waals surface area contributed by atoms with Gasteiger partial charge in [-0.05, 0) is 24.0 Å². The van der Waals surface area contributed by atoms with Gasteiger partial charge in [0.25, 0.3) is 0 Å². The number of aryl methyl sites for hydroxylation is 1. The molecule has 0 fully saturated rings. The highest BCUT2D eigenvalue weighted by Crippen LogP contribution is 2.15. The SMILES string of the molecule is CCc1cccc([C@H](N)CCO)c1. The highest BCUT2D eigenvalue weighted by atomic mass is 16.3. The van der Waals surface area contributed by atoms with E-state index in [1.807, 2.05) is 12.1 Å². The second-order valence-corrected chi connectivity index (χ2v) is 3.22. The monoisotopic (exact) mass is 179 g/mol. The highest BCUT2D eigenvalue weighted by Gasteiger charge is 2.04. The number of aliphatic hydroxyl groups excluding tert-OH is 1. The number of benzene rings is 1. The van der Waals surface area contributed by atoms with Gasteiger partial charge in [0.1, 0.15) is 0 Å². The minimum atomic E-state index is -0.0310. The molecule has 1 rings (SSSR count). The molecule has 1 aromatic carbocycles. The summed E-state index contributed by atoms with van der Waals surface area (Å²) < 4.78 is 0. The molecule has 1 aromatic rings. The summed E-state index contributed by atoms with van der Waals surface area (Å²) in [7, 11) is 0. The van der Waals surface area contributed by atoms with Crippen LogP contribution in [0.5, 0.6) is 0 Å². The maximum atomic E-state index is 8.74. The maximum Gasteiger partial charge on any atom is 0.0449 e. The van der Waals surface area contributed by atoms with Gasteiger partial charge in [0, 0.05) is 12.6 Å². The minimum Gasteiger partial charge on any atom is -0.396 e. The lowest BCUT2D eigenvalue weighted by Crippen LogP contribution is -2.11. The first kappa shape index (κ1) is 10.2. The van der Waals surface area contributed by atoms with Crippen molar-refractivity contribution in [2.45, 2.75) is 25.8 Å². The lowest BCUT2D eigenvalue weighted by atomic mass is 10.0. The van der Waals surface area contributed by atoms with Crippen molar-refractivity contribution in [2.75, 3.05) is 6.61 Å². The van der Waals surface area contributed by atoms with Gasteiger partial charge in [-0.15, -0.1) is 0 Å². The Balaban J connectivity index is 2.75. The van der Waals surface area contributed by atoms with Crippen LogP contribution in [-0.2, 0) is 6.42 Å². The maximum absolute atomic E-state index is 8.74. The van der Waals surface area contributed by atoms with Gasteiger partial charge in [-0.2, -0.15) is 0 Å². The number of nitrogens with two attached hydrogens (primary N) is 1. The number of hydrogen-bond donors (Lipinski definition) is 2. The normalized spacial score (nSPS) is 12.8. The largest absolute Gasteiger partial charge is 0.396 e. The molecule has 0 heterocycles. The molecule has 0 aliphatic carbocycles.